The van der Waals surface area contributed by atoms with Gasteiger partial charge in [0.2, 0.25) is 0 Å². The molecule has 4 heteroatoms. The summed E-state index contributed by atoms with van der Waals surface area (Å²) >= 11 is 0. The molecule has 0 radical (unpaired) electrons. The number of ether oxygens (including phenoxy) is 2. The van der Waals surface area contributed by atoms with Crippen LogP contribution in [0.15, 0.2) is 0 Å². The molecule has 1 unspecified atom stereocenters. The van der Waals surface area contributed by atoms with Gasteiger partial charge in [0.1, 0.15) is 0 Å². The fourth-order valence-corrected chi connectivity index (χ4v) is 2.07. The van der Waals surface area contributed by atoms with Crippen molar-refractivity contribution in [2.45, 2.75) is 25.0 Å². The molecule has 0 aromatic heterocycles. The minimum absolute atomic E-state index is 0.433. The third-order valence-electron chi connectivity index (χ3n) is 3.02. The SMILES string of the molecule is NCCN(CC1CCCO1)C1COC1. The van der Waals surface area contributed by atoms with Crippen LogP contribution >= 0.6 is 0 Å². The maximum Gasteiger partial charge on any atom is 0.0703 e. The lowest BCUT2D eigenvalue weighted by atomic mass is 10.1. The molecular formula is C10H20N2O2. The van der Waals surface area contributed by atoms with Crippen molar-refractivity contribution in [3.05, 3.63) is 0 Å². The number of hydrogen-bond donors (Lipinski definition) is 1. The maximum absolute atomic E-state index is 5.63. The normalized spacial score (nSPS) is 28.3. The molecule has 0 amide bonds. The first-order valence-electron chi connectivity index (χ1n) is 5.53. The summed E-state index contributed by atoms with van der Waals surface area (Å²) in [7, 11) is 0. The highest BCUT2D eigenvalue weighted by molar-refractivity contribution is 4.81. The Morgan fingerprint density at radius 1 is 1.36 bits per heavy atom. The van der Waals surface area contributed by atoms with Crippen LogP contribution in [0.25, 0.3) is 0 Å². The van der Waals surface area contributed by atoms with E-state index in [1.54, 1.807) is 0 Å². The van der Waals surface area contributed by atoms with Crippen LogP contribution in [0, 0.1) is 0 Å². The zero-order valence-electron chi connectivity index (χ0n) is 8.65. The predicted octanol–water partition coefficient (Wildman–Crippen LogP) is -0.175. The molecule has 2 heterocycles. The van der Waals surface area contributed by atoms with E-state index in [0.717, 1.165) is 39.5 Å². The molecular weight excluding hydrogens is 180 g/mol. The number of hydrogen-bond acceptors (Lipinski definition) is 4. The van der Waals surface area contributed by atoms with Gasteiger partial charge in [-0.1, -0.05) is 0 Å². The molecule has 4 nitrogen and oxygen atoms in total. The van der Waals surface area contributed by atoms with Crippen molar-refractivity contribution in [2.24, 2.45) is 5.73 Å². The second kappa shape index (κ2) is 5.07. The molecule has 2 N–H and O–H groups in total. The Labute approximate surface area is 85.3 Å². The molecule has 2 saturated heterocycles. The van der Waals surface area contributed by atoms with Crippen molar-refractivity contribution >= 4 is 0 Å². The monoisotopic (exact) mass is 200 g/mol. The Kier molecular flexibility index (Phi) is 3.75. The van der Waals surface area contributed by atoms with Gasteiger partial charge in [0.05, 0.1) is 25.4 Å². The Bertz CT molecular complexity index is 168. The molecule has 0 bridgehead atoms. The van der Waals surface area contributed by atoms with Crippen LogP contribution in [0.3, 0.4) is 0 Å². The molecule has 2 rings (SSSR count). The minimum atomic E-state index is 0.433. The van der Waals surface area contributed by atoms with Crippen LogP contribution in [0.1, 0.15) is 12.8 Å². The van der Waals surface area contributed by atoms with Gasteiger partial charge in [0, 0.05) is 26.2 Å². The van der Waals surface area contributed by atoms with Crippen molar-refractivity contribution < 1.29 is 9.47 Å². The first-order chi connectivity index (χ1) is 6.90. The summed E-state index contributed by atoms with van der Waals surface area (Å²) in [6.45, 7) is 5.39. The molecule has 0 aliphatic carbocycles. The number of rotatable bonds is 5. The zero-order chi connectivity index (χ0) is 9.80. The lowest BCUT2D eigenvalue weighted by Crippen LogP contribution is -2.52. The smallest absolute Gasteiger partial charge is 0.0703 e. The van der Waals surface area contributed by atoms with E-state index in [9.17, 15) is 0 Å². The Morgan fingerprint density at radius 2 is 2.21 bits per heavy atom. The van der Waals surface area contributed by atoms with E-state index in [1.807, 2.05) is 0 Å². The van der Waals surface area contributed by atoms with Gasteiger partial charge < -0.3 is 15.2 Å². The van der Waals surface area contributed by atoms with Crippen molar-refractivity contribution in [2.75, 3.05) is 39.5 Å². The third kappa shape index (κ3) is 2.45. The average Bonchev–Trinajstić information content (AvgIpc) is 2.54. The summed E-state index contributed by atoms with van der Waals surface area (Å²) < 4.78 is 10.8. The van der Waals surface area contributed by atoms with Crippen molar-refractivity contribution in [1.29, 1.82) is 0 Å². The molecule has 2 aliphatic heterocycles. The van der Waals surface area contributed by atoms with Crippen LogP contribution in [0.4, 0.5) is 0 Å². The van der Waals surface area contributed by atoms with Crippen LogP contribution in [-0.2, 0) is 9.47 Å². The molecule has 82 valence electrons. The van der Waals surface area contributed by atoms with Crippen molar-refractivity contribution in [3.8, 4) is 0 Å². The topological polar surface area (TPSA) is 47.7 Å². The van der Waals surface area contributed by atoms with Crippen LogP contribution in [0.5, 0.6) is 0 Å². The zero-order valence-corrected chi connectivity index (χ0v) is 8.65. The average molecular weight is 200 g/mol. The van der Waals surface area contributed by atoms with E-state index in [4.69, 9.17) is 15.2 Å². The van der Waals surface area contributed by atoms with Crippen LogP contribution < -0.4 is 5.73 Å². The van der Waals surface area contributed by atoms with E-state index in [-0.39, 0.29) is 0 Å². The van der Waals surface area contributed by atoms with Crippen LogP contribution in [0.2, 0.25) is 0 Å². The molecule has 0 saturated carbocycles. The highest BCUT2D eigenvalue weighted by Gasteiger charge is 2.28. The number of nitrogens with two attached hydrogens (primary N) is 1. The molecule has 0 aromatic carbocycles. The fourth-order valence-electron chi connectivity index (χ4n) is 2.07. The highest BCUT2D eigenvalue weighted by atomic mass is 16.5. The predicted molar refractivity (Wildman–Crippen MR) is 54.2 cm³/mol. The quantitative estimate of drug-likeness (QED) is 0.669. The lowest BCUT2D eigenvalue weighted by Gasteiger charge is -2.38. The fraction of sp³-hybridized carbons (Fsp3) is 1.00. The number of nitrogens with zero attached hydrogens (tertiary/aromatic N) is 1. The van der Waals surface area contributed by atoms with Gasteiger partial charge in [-0.3, -0.25) is 4.90 Å². The van der Waals surface area contributed by atoms with Gasteiger partial charge in [-0.05, 0) is 12.8 Å². The summed E-state index contributed by atoms with van der Waals surface area (Å²) in [4.78, 5) is 2.42. The van der Waals surface area contributed by atoms with Crippen molar-refractivity contribution in [1.82, 2.24) is 4.90 Å². The highest BCUT2D eigenvalue weighted by Crippen LogP contribution is 2.17. The molecule has 14 heavy (non-hydrogen) atoms. The summed E-state index contributed by atoms with van der Waals surface area (Å²) in [5.41, 5.74) is 5.60. The minimum Gasteiger partial charge on any atom is -0.378 e. The second-order valence-corrected chi connectivity index (χ2v) is 4.11. The van der Waals surface area contributed by atoms with Gasteiger partial charge in [0.25, 0.3) is 0 Å². The Morgan fingerprint density at radius 3 is 2.71 bits per heavy atom. The molecule has 2 fully saturated rings. The van der Waals surface area contributed by atoms with E-state index < -0.39 is 0 Å². The maximum atomic E-state index is 5.63. The van der Waals surface area contributed by atoms with Crippen molar-refractivity contribution in [3.63, 3.8) is 0 Å². The second-order valence-electron chi connectivity index (χ2n) is 4.11. The molecule has 0 aromatic rings. The van der Waals surface area contributed by atoms with Gasteiger partial charge in [-0.15, -0.1) is 0 Å². The van der Waals surface area contributed by atoms with Gasteiger partial charge in [0.15, 0.2) is 0 Å². The Hall–Kier alpha value is -0.160. The summed E-state index contributed by atoms with van der Waals surface area (Å²) in [5, 5.41) is 0. The molecule has 2 aliphatic rings. The summed E-state index contributed by atoms with van der Waals surface area (Å²) in [6, 6.07) is 0.586. The van der Waals surface area contributed by atoms with E-state index in [0.29, 0.717) is 12.1 Å². The largest absolute Gasteiger partial charge is 0.378 e. The van der Waals surface area contributed by atoms with E-state index in [1.165, 1.54) is 12.8 Å². The Balaban J connectivity index is 1.76. The molecule has 1 atom stereocenters. The third-order valence-corrected chi connectivity index (χ3v) is 3.02. The van der Waals surface area contributed by atoms with Gasteiger partial charge in [-0.25, -0.2) is 0 Å². The first-order valence-corrected chi connectivity index (χ1v) is 5.53. The summed E-state index contributed by atoms with van der Waals surface area (Å²) in [5.74, 6) is 0. The van der Waals surface area contributed by atoms with E-state index >= 15 is 0 Å². The van der Waals surface area contributed by atoms with Gasteiger partial charge >= 0.3 is 0 Å². The standard InChI is InChI=1S/C10H20N2O2/c11-3-4-12(9-7-13-8-9)6-10-2-1-5-14-10/h9-10H,1-8,11H2. The van der Waals surface area contributed by atoms with Gasteiger partial charge in [-0.2, -0.15) is 0 Å². The lowest BCUT2D eigenvalue weighted by molar-refractivity contribution is -0.0756. The first kappa shape index (κ1) is 10.4. The molecule has 0 spiro atoms. The van der Waals surface area contributed by atoms with Crippen LogP contribution in [-0.4, -0.2) is 56.5 Å². The summed E-state index contributed by atoms with van der Waals surface area (Å²) in [6.07, 6.45) is 2.85. The van der Waals surface area contributed by atoms with E-state index in [2.05, 4.69) is 4.90 Å².